The molecule has 0 aliphatic rings. The lowest BCUT2D eigenvalue weighted by molar-refractivity contribution is 0.0649. The van der Waals surface area contributed by atoms with Gasteiger partial charge in [0.25, 0.3) is 0 Å². The SMILES string of the molecule is CC(C)(C)Oc1ccc(C(=O)O)c(C(=O)O)c1Br. The van der Waals surface area contributed by atoms with Crippen molar-refractivity contribution in [2.24, 2.45) is 0 Å². The predicted molar refractivity (Wildman–Crippen MR) is 68.4 cm³/mol. The van der Waals surface area contributed by atoms with Gasteiger partial charge in [0, 0.05) is 0 Å². The minimum Gasteiger partial charge on any atom is -0.487 e. The quantitative estimate of drug-likeness (QED) is 0.895. The minimum absolute atomic E-state index is 0.129. The van der Waals surface area contributed by atoms with Crippen LogP contribution < -0.4 is 4.74 Å². The van der Waals surface area contributed by atoms with Crippen molar-refractivity contribution in [3.8, 4) is 5.75 Å². The number of hydrogen-bond acceptors (Lipinski definition) is 3. The zero-order valence-electron chi connectivity index (χ0n) is 10.2. The molecular formula is C12H13BrO5. The van der Waals surface area contributed by atoms with Crippen molar-refractivity contribution >= 4 is 27.9 Å². The molecule has 1 aromatic rings. The van der Waals surface area contributed by atoms with E-state index < -0.39 is 17.5 Å². The van der Waals surface area contributed by atoms with Crippen LogP contribution in [0.5, 0.6) is 5.75 Å². The van der Waals surface area contributed by atoms with Gasteiger partial charge in [-0.25, -0.2) is 9.59 Å². The van der Waals surface area contributed by atoms with Gasteiger partial charge in [-0.05, 0) is 48.8 Å². The number of hydrogen-bond donors (Lipinski definition) is 2. The Hall–Kier alpha value is -1.56. The molecule has 2 N–H and O–H groups in total. The molecule has 0 atom stereocenters. The van der Waals surface area contributed by atoms with Crippen molar-refractivity contribution in [2.75, 3.05) is 0 Å². The Labute approximate surface area is 113 Å². The van der Waals surface area contributed by atoms with Gasteiger partial charge in [-0.15, -0.1) is 0 Å². The van der Waals surface area contributed by atoms with Gasteiger partial charge in [0.1, 0.15) is 11.4 Å². The summed E-state index contributed by atoms with van der Waals surface area (Å²) in [5.74, 6) is -2.32. The molecule has 1 rings (SSSR count). The lowest BCUT2D eigenvalue weighted by atomic mass is 10.1. The molecule has 18 heavy (non-hydrogen) atoms. The van der Waals surface area contributed by atoms with E-state index in [1.165, 1.54) is 12.1 Å². The van der Waals surface area contributed by atoms with Gasteiger partial charge in [-0.1, -0.05) is 0 Å². The summed E-state index contributed by atoms with van der Waals surface area (Å²) in [4.78, 5) is 22.1. The fourth-order valence-electron chi connectivity index (χ4n) is 1.35. The standard InChI is InChI=1S/C12H13BrO5/c1-12(2,3)18-7-5-4-6(10(14)15)8(9(7)13)11(16)17/h4-5H,1-3H3,(H,14,15)(H,16,17). The monoisotopic (exact) mass is 316 g/mol. The Balaban J connectivity index is 3.40. The van der Waals surface area contributed by atoms with E-state index >= 15 is 0 Å². The largest absolute Gasteiger partial charge is 0.487 e. The Kier molecular flexibility index (Phi) is 4.01. The van der Waals surface area contributed by atoms with Gasteiger partial charge in [0.2, 0.25) is 0 Å². The molecule has 0 bridgehead atoms. The summed E-state index contributed by atoms with van der Waals surface area (Å²) >= 11 is 3.08. The first-order valence-electron chi connectivity index (χ1n) is 5.11. The fraction of sp³-hybridized carbons (Fsp3) is 0.333. The van der Waals surface area contributed by atoms with E-state index in [4.69, 9.17) is 14.9 Å². The maximum atomic E-state index is 11.1. The number of carbonyl (C=O) groups is 2. The first-order valence-corrected chi connectivity index (χ1v) is 5.91. The summed E-state index contributed by atoms with van der Waals surface area (Å²) in [5.41, 5.74) is -1.11. The van der Waals surface area contributed by atoms with Crippen molar-refractivity contribution in [2.45, 2.75) is 26.4 Å². The van der Waals surface area contributed by atoms with E-state index in [-0.39, 0.29) is 15.6 Å². The number of aromatic carboxylic acids is 2. The van der Waals surface area contributed by atoms with Gasteiger partial charge in [0.05, 0.1) is 15.6 Å². The van der Waals surface area contributed by atoms with Crippen LogP contribution in [0.3, 0.4) is 0 Å². The third-order valence-corrected chi connectivity index (χ3v) is 2.75. The highest BCUT2D eigenvalue weighted by atomic mass is 79.9. The number of benzene rings is 1. The summed E-state index contributed by atoms with van der Waals surface area (Å²) in [7, 11) is 0. The molecule has 0 heterocycles. The van der Waals surface area contributed by atoms with Crippen LogP contribution in [0.2, 0.25) is 0 Å². The third kappa shape index (κ3) is 3.22. The van der Waals surface area contributed by atoms with E-state index in [2.05, 4.69) is 15.9 Å². The van der Waals surface area contributed by atoms with E-state index in [0.717, 1.165) is 0 Å². The van der Waals surface area contributed by atoms with Crippen molar-refractivity contribution in [3.05, 3.63) is 27.7 Å². The first kappa shape index (κ1) is 14.5. The van der Waals surface area contributed by atoms with E-state index in [0.29, 0.717) is 5.75 Å². The van der Waals surface area contributed by atoms with Crippen LogP contribution in [0.15, 0.2) is 16.6 Å². The minimum atomic E-state index is -1.32. The normalized spacial score (nSPS) is 11.1. The average molecular weight is 317 g/mol. The molecule has 0 radical (unpaired) electrons. The molecule has 0 unspecified atom stereocenters. The van der Waals surface area contributed by atoms with Crippen LogP contribution in [-0.4, -0.2) is 27.8 Å². The van der Waals surface area contributed by atoms with Crippen molar-refractivity contribution < 1.29 is 24.5 Å². The number of carboxylic acids is 2. The molecule has 6 heteroatoms. The maximum Gasteiger partial charge on any atom is 0.337 e. The Morgan fingerprint density at radius 3 is 2.11 bits per heavy atom. The van der Waals surface area contributed by atoms with Gasteiger partial charge in [0.15, 0.2) is 0 Å². The topological polar surface area (TPSA) is 83.8 Å². The van der Waals surface area contributed by atoms with E-state index in [9.17, 15) is 9.59 Å². The van der Waals surface area contributed by atoms with Crippen molar-refractivity contribution in [1.29, 1.82) is 0 Å². The van der Waals surface area contributed by atoms with Crippen LogP contribution in [0, 0.1) is 0 Å². The van der Waals surface area contributed by atoms with E-state index in [1.807, 2.05) is 20.8 Å². The molecule has 5 nitrogen and oxygen atoms in total. The van der Waals surface area contributed by atoms with Crippen LogP contribution in [-0.2, 0) is 0 Å². The molecule has 0 amide bonds. The lowest BCUT2D eigenvalue weighted by Gasteiger charge is -2.23. The molecule has 98 valence electrons. The van der Waals surface area contributed by atoms with Crippen LogP contribution in [0.1, 0.15) is 41.5 Å². The molecule has 0 saturated heterocycles. The second-order valence-corrected chi connectivity index (χ2v) is 5.42. The maximum absolute atomic E-state index is 11.1. The predicted octanol–water partition coefficient (Wildman–Crippen LogP) is 3.02. The van der Waals surface area contributed by atoms with Gasteiger partial charge >= 0.3 is 11.9 Å². The van der Waals surface area contributed by atoms with Gasteiger partial charge in [-0.2, -0.15) is 0 Å². The van der Waals surface area contributed by atoms with Gasteiger partial charge in [-0.3, -0.25) is 0 Å². The summed E-state index contributed by atoms with van der Waals surface area (Å²) in [6, 6.07) is 2.66. The Morgan fingerprint density at radius 1 is 1.17 bits per heavy atom. The molecule has 0 spiro atoms. The molecule has 0 saturated carbocycles. The Bertz CT molecular complexity index is 502. The zero-order chi connectivity index (χ0) is 14.1. The van der Waals surface area contributed by atoms with E-state index in [1.54, 1.807) is 0 Å². The highest BCUT2D eigenvalue weighted by molar-refractivity contribution is 9.10. The highest BCUT2D eigenvalue weighted by Crippen LogP contribution is 2.33. The van der Waals surface area contributed by atoms with Crippen LogP contribution in [0.25, 0.3) is 0 Å². The van der Waals surface area contributed by atoms with Crippen LogP contribution in [0.4, 0.5) is 0 Å². The summed E-state index contributed by atoms with van der Waals surface area (Å²) in [6.45, 7) is 5.43. The summed E-state index contributed by atoms with van der Waals surface area (Å²) < 4.78 is 5.68. The number of carboxylic acid groups (broad SMARTS) is 2. The molecule has 0 aliphatic carbocycles. The van der Waals surface area contributed by atoms with Crippen molar-refractivity contribution in [1.82, 2.24) is 0 Å². The smallest absolute Gasteiger partial charge is 0.337 e. The molecule has 0 aromatic heterocycles. The number of halogens is 1. The molecular weight excluding hydrogens is 304 g/mol. The highest BCUT2D eigenvalue weighted by Gasteiger charge is 2.24. The fourth-order valence-corrected chi connectivity index (χ4v) is 1.95. The number of rotatable bonds is 3. The Morgan fingerprint density at radius 2 is 1.72 bits per heavy atom. The lowest BCUT2D eigenvalue weighted by Crippen LogP contribution is -2.23. The number of ether oxygens (including phenoxy) is 1. The second kappa shape index (κ2) is 4.97. The first-order chi connectivity index (χ1) is 8.13. The summed E-state index contributed by atoms with van der Waals surface area (Å²) in [5, 5.41) is 18.0. The zero-order valence-corrected chi connectivity index (χ0v) is 11.7. The van der Waals surface area contributed by atoms with Gasteiger partial charge < -0.3 is 14.9 Å². The molecule has 0 fully saturated rings. The average Bonchev–Trinajstić information content (AvgIpc) is 2.17. The molecule has 1 aromatic carbocycles. The third-order valence-electron chi connectivity index (χ3n) is 1.97. The molecule has 0 aliphatic heterocycles. The van der Waals surface area contributed by atoms with Crippen molar-refractivity contribution in [3.63, 3.8) is 0 Å². The van der Waals surface area contributed by atoms with Crippen LogP contribution >= 0.6 is 15.9 Å². The summed E-state index contributed by atoms with van der Waals surface area (Å²) in [6.07, 6.45) is 0. The second-order valence-electron chi connectivity index (χ2n) is 4.62.